The van der Waals surface area contributed by atoms with E-state index in [1.165, 1.54) is 21.5 Å². The van der Waals surface area contributed by atoms with Crippen LogP contribution in [0.3, 0.4) is 0 Å². The second-order valence-corrected chi connectivity index (χ2v) is 5.54. The van der Waals surface area contributed by atoms with Crippen molar-refractivity contribution in [2.45, 2.75) is 13.0 Å². The number of nitrogens with one attached hydrogen (secondary N) is 1. The number of aromatic amines is 1. The summed E-state index contributed by atoms with van der Waals surface area (Å²) in [4.78, 5) is 19.0. The molecule has 0 amide bonds. The molecule has 0 aliphatic carbocycles. The summed E-state index contributed by atoms with van der Waals surface area (Å²) in [7, 11) is 1.71. The molecular formula is C15H13F2N5OS. The first-order chi connectivity index (χ1) is 11.4. The maximum absolute atomic E-state index is 13.5. The molecule has 0 bridgehead atoms. The molecule has 0 saturated carbocycles. The van der Waals surface area contributed by atoms with Gasteiger partial charge in [0.15, 0.2) is 4.77 Å². The third-order valence-electron chi connectivity index (χ3n) is 3.53. The lowest BCUT2D eigenvalue weighted by molar-refractivity contribution is 0.153. The molecule has 3 aromatic heterocycles. The first-order valence-corrected chi connectivity index (χ1v) is 7.39. The van der Waals surface area contributed by atoms with Crippen LogP contribution in [0.4, 0.5) is 8.78 Å². The van der Waals surface area contributed by atoms with Crippen LogP contribution in [0.2, 0.25) is 0 Å². The Balaban J connectivity index is 2.46. The van der Waals surface area contributed by atoms with Crippen molar-refractivity contribution in [2.24, 2.45) is 7.05 Å². The van der Waals surface area contributed by atoms with Crippen LogP contribution in [0, 0.1) is 4.77 Å². The van der Waals surface area contributed by atoms with Crippen molar-refractivity contribution in [3.8, 4) is 11.3 Å². The third kappa shape index (κ3) is 2.67. The molecule has 6 nitrogen and oxygen atoms in total. The van der Waals surface area contributed by atoms with Gasteiger partial charge in [0.05, 0.1) is 17.3 Å². The SMILES string of the molecule is C=CCn1c(=S)[nH]c(=O)c2c(C(F)F)cc(-c3cnn(C)c3)nc21. The molecule has 24 heavy (non-hydrogen) atoms. The van der Waals surface area contributed by atoms with Gasteiger partial charge in [0, 0.05) is 30.9 Å². The number of rotatable bonds is 4. The molecule has 0 unspecified atom stereocenters. The van der Waals surface area contributed by atoms with Crippen molar-refractivity contribution < 1.29 is 8.78 Å². The maximum Gasteiger partial charge on any atom is 0.264 e. The van der Waals surface area contributed by atoms with Crippen molar-refractivity contribution in [1.29, 1.82) is 0 Å². The third-order valence-corrected chi connectivity index (χ3v) is 3.85. The van der Waals surface area contributed by atoms with E-state index in [0.717, 1.165) is 0 Å². The molecule has 0 fully saturated rings. The number of hydrogen-bond acceptors (Lipinski definition) is 4. The number of allylic oxidation sites excluding steroid dienone is 1. The zero-order chi connectivity index (χ0) is 17.4. The van der Waals surface area contributed by atoms with Gasteiger partial charge < -0.3 is 0 Å². The van der Waals surface area contributed by atoms with E-state index in [4.69, 9.17) is 12.2 Å². The Morgan fingerprint density at radius 2 is 2.25 bits per heavy atom. The molecule has 3 rings (SSSR count). The van der Waals surface area contributed by atoms with Crippen LogP contribution < -0.4 is 5.56 Å². The first kappa shape index (κ1) is 16.2. The number of fused-ring (bicyclic) bond motifs is 1. The van der Waals surface area contributed by atoms with Gasteiger partial charge in [-0.3, -0.25) is 19.0 Å². The van der Waals surface area contributed by atoms with E-state index in [-0.39, 0.29) is 22.3 Å². The van der Waals surface area contributed by atoms with Crippen molar-refractivity contribution in [1.82, 2.24) is 24.3 Å². The quantitative estimate of drug-likeness (QED) is 0.581. The number of nitrogens with zero attached hydrogens (tertiary/aromatic N) is 4. The highest BCUT2D eigenvalue weighted by Gasteiger charge is 2.20. The topological polar surface area (TPSA) is 68.5 Å². The van der Waals surface area contributed by atoms with E-state index >= 15 is 0 Å². The lowest BCUT2D eigenvalue weighted by atomic mass is 10.1. The number of aryl methyl sites for hydroxylation is 1. The van der Waals surface area contributed by atoms with Gasteiger partial charge in [-0.05, 0) is 18.3 Å². The molecule has 0 spiro atoms. The number of halogens is 2. The fourth-order valence-corrected chi connectivity index (χ4v) is 2.73. The second kappa shape index (κ2) is 6.08. The molecular weight excluding hydrogens is 336 g/mol. The summed E-state index contributed by atoms with van der Waals surface area (Å²) in [5.41, 5.74) is -0.120. The van der Waals surface area contributed by atoms with Crippen LogP contribution in [0.15, 0.2) is 35.9 Å². The number of aromatic nitrogens is 5. The van der Waals surface area contributed by atoms with Gasteiger partial charge in [-0.15, -0.1) is 6.58 Å². The minimum atomic E-state index is -2.83. The van der Waals surface area contributed by atoms with E-state index in [1.807, 2.05) is 0 Å². The molecule has 0 radical (unpaired) electrons. The average Bonchev–Trinajstić information content (AvgIpc) is 2.96. The van der Waals surface area contributed by atoms with Gasteiger partial charge in [0.25, 0.3) is 12.0 Å². The van der Waals surface area contributed by atoms with Crippen LogP contribution >= 0.6 is 12.2 Å². The standard InChI is InChI=1S/C15H13F2N5OS/c1-3-4-22-13-11(14(23)20-15(22)24)9(12(16)17)5-10(19-13)8-6-18-21(2)7-8/h3,5-7,12H,1,4H2,2H3,(H,20,23,24). The highest BCUT2D eigenvalue weighted by molar-refractivity contribution is 7.71. The van der Waals surface area contributed by atoms with Gasteiger partial charge in [-0.2, -0.15) is 5.10 Å². The summed E-state index contributed by atoms with van der Waals surface area (Å²) >= 11 is 5.12. The molecule has 0 aliphatic heterocycles. The highest BCUT2D eigenvalue weighted by atomic mass is 32.1. The van der Waals surface area contributed by atoms with Gasteiger partial charge in [-0.1, -0.05) is 6.08 Å². The molecule has 0 aromatic carbocycles. The zero-order valence-electron chi connectivity index (χ0n) is 12.7. The Labute approximate surface area is 140 Å². The van der Waals surface area contributed by atoms with E-state index in [9.17, 15) is 13.6 Å². The molecule has 3 heterocycles. The molecule has 1 N–H and O–H groups in total. The Kier molecular flexibility index (Phi) is 4.10. The molecule has 9 heteroatoms. The van der Waals surface area contributed by atoms with Gasteiger partial charge >= 0.3 is 0 Å². The molecule has 0 saturated heterocycles. The van der Waals surface area contributed by atoms with Crippen LogP contribution in [0.5, 0.6) is 0 Å². The number of alkyl halides is 2. The van der Waals surface area contributed by atoms with E-state index < -0.39 is 17.5 Å². The van der Waals surface area contributed by atoms with Crippen molar-refractivity contribution in [3.05, 3.63) is 51.8 Å². The van der Waals surface area contributed by atoms with E-state index in [2.05, 4.69) is 21.6 Å². The van der Waals surface area contributed by atoms with Gasteiger partial charge in [-0.25, -0.2) is 13.8 Å². The van der Waals surface area contributed by atoms with Crippen molar-refractivity contribution in [2.75, 3.05) is 0 Å². The fraction of sp³-hybridized carbons (Fsp3) is 0.200. The van der Waals surface area contributed by atoms with Crippen LogP contribution in [0.25, 0.3) is 22.3 Å². The smallest absolute Gasteiger partial charge is 0.264 e. The highest BCUT2D eigenvalue weighted by Crippen LogP contribution is 2.29. The summed E-state index contributed by atoms with van der Waals surface area (Å²) in [6, 6.07) is 1.21. The lowest BCUT2D eigenvalue weighted by Gasteiger charge is -2.12. The first-order valence-electron chi connectivity index (χ1n) is 6.98. The Morgan fingerprint density at radius 3 is 2.83 bits per heavy atom. The molecule has 3 aromatic rings. The predicted octanol–water partition coefficient (Wildman–Crippen LogP) is 2.98. The Bertz CT molecular complexity index is 1050. The Morgan fingerprint density at radius 1 is 1.50 bits per heavy atom. The summed E-state index contributed by atoms with van der Waals surface area (Å²) in [6.45, 7) is 3.85. The molecule has 0 aliphatic rings. The monoisotopic (exact) mass is 349 g/mol. The predicted molar refractivity (Wildman–Crippen MR) is 88.5 cm³/mol. The van der Waals surface area contributed by atoms with Crippen molar-refractivity contribution >= 4 is 23.3 Å². The van der Waals surface area contributed by atoms with Gasteiger partial charge in [0.1, 0.15) is 5.65 Å². The summed E-state index contributed by atoms with van der Waals surface area (Å²) in [6.07, 6.45) is 1.89. The average molecular weight is 349 g/mol. The molecule has 0 atom stereocenters. The Hall–Kier alpha value is -2.68. The maximum atomic E-state index is 13.5. The number of H-pyrrole nitrogens is 1. The summed E-state index contributed by atoms with van der Waals surface area (Å²) < 4.78 is 30.2. The summed E-state index contributed by atoms with van der Waals surface area (Å²) in [5.74, 6) is 0. The number of pyridine rings is 1. The largest absolute Gasteiger partial charge is 0.299 e. The van der Waals surface area contributed by atoms with Crippen molar-refractivity contribution in [3.63, 3.8) is 0 Å². The normalized spacial score (nSPS) is 11.3. The zero-order valence-corrected chi connectivity index (χ0v) is 13.5. The van der Waals surface area contributed by atoms with Crippen LogP contribution in [-0.2, 0) is 13.6 Å². The van der Waals surface area contributed by atoms with E-state index in [1.54, 1.807) is 19.3 Å². The van der Waals surface area contributed by atoms with Gasteiger partial charge in [0.2, 0.25) is 0 Å². The minimum absolute atomic E-state index is 0.0975. The second-order valence-electron chi connectivity index (χ2n) is 5.16. The number of hydrogen-bond donors (Lipinski definition) is 1. The van der Waals surface area contributed by atoms with E-state index in [0.29, 0.717) is 11.3 Å². The minimum Gasteiger partial charge on any atom is -0.299 e. The summed E-state index contributed by atoms with van der Waals surface area (Å²) in [5, 5.41) is 3.85. The van der Waals surface area contributed by atoms with Crippen LogP contribution in [0.1, 0.15) is 12.0 Å². The van der Waals surface area contributed by atoms with Crippen LogP contribution in [-0.4, -0.2) is 24.3 Å². The molecule has 124 valence electrons. The fourth-order valence-electron chi connectivity index (χ4n) is 2.47. The lowest BCUT2D eigenvalue weighted by Crippen LogP contribution is -2.17.